The van der Waals surface area contributed by atoms with E-state index in [0.717, 1.165) is 23.6 Å². The number of benzene rings is 1. The molecule has 1 amide bonds. The zero-order valence-electron chi connectivity index (χ0n) is 14.8. The molecule has 1 aromatic rings. The average molecular weight is 412 g/mol. The lowest BCUT2D eigenvalue weighted by Crippen LogP contribution is -2.34. The molecule has 1 aromatic carbocycles. The van der Waals surface area contributed by atoms with Crippen LogP contribution in [0, 0.1) is 0 Å². The number of anilines is 1. The summed E-state index contributed by atoms with van der Waals surface area (Å²) in [6, 6.07) is 4.81. The number of carbonyl (C=O) groups excluding carboxylic acids is 3. The van der Waals surface area contributed by atoms with Gasteiger partial charge in [-0.2, -0.15) is 0 Å². The Morgan fingerprint density at radius 2 is 2.04 bits per heavy atom. The molecule has 0 bridgehead atoms. The Hall–Kier alpha value is -2.07. The third-order valence-corrected chi connectivity index (χ3v) is 6.48. The van der Waals surface area contributed by atoms with E-state index in [-0.39, 0.29) is 17.6 Å². The van der Waals surface area contributed by atoms with E-state index < -0.39 is 22.6 Å². The van der Waals surface area contributed by atoms with E-state index in [1.165, 1.54) is 9.21 Å². The molecule has 146 valence electrons. The van der Waals surface area contributed by atoms with Crippen LogP contribution in [0.25, 0.3) is 0 Å². The van der Waals surface area contributed by atoms with Gasteiger partial charge < -0.3 is 9.64 Å². The van der Waals surface area contributed by atoms with E-state index in [2.05, 4.69) is 0 Å². The fraction of sp³-hybridized carbons (Fsp3) is 0.471. The minimum absolute atomic E-state index is 0.160. The highest BCUT2D eigenvalue weighted by Crippen LogP contribution is 2.30. The summed E-state index contributed by atoms with van der Waals surface area (Å²) in [4.78, 5) is 37.0. The van der Waals surface area contributed by atoms with Gasteiger partial charge in [-0.05, 0) is 36.6 Å². The first-order valence-corrected chi connectivity index (χ1v) is 11.3. The molecule has 2 aliphatic rings. The number of thioether (sulfide) groups is 1. The summed E-state index contributed by atoms with van der Waals surface area (Å²) in [7, 11) is -3.36. The SMILES string of the molecule is CS(=O)(=O)N1CCCc2cc(C(=O)COC(=O)CN3CCSC3=O)ccc21. The molecule has 1 fully saturated rings. The average Bonchev–Trinajstić information content (AvgIpc) is 3.02. The predicted molar refractivity (Wildman–Crippen MR) is 102 cm³/mol. The normalized spacial score (nSPS) is 17.0. The number of sulfonamides is 1. The number of esters is 1. The summed E-state index contributed by atoms with van der Waals surface area (Å²) in [5.74, 6) is -0.352. The van der Waals surface area contributed by atoms with Crippen LogP contribution in [0.5, 0.6) is 0 Å². The predicted octanol–water partition coefficient (Wildman–Crippen LogP) is 1.29. The summed E-state index contributed by atoms with van der Waals surface area (Å²) in [6.45, 7) is 0.341. The summed E-state index contributed by atoms with van der Waals surface area (Å²) < 4.78 is 30.1. The molecule has 3 rings (SSSR count). The number of Topliss-reactive ketones (excluding diaryl/α,β-unsaturated/α-hetero) is 1. The minimum Gasteiger partial charge on any atom is -0.456 e. The molecule has 0 aromatic heterocycles. The summed E-state index contributed by atoms with van der Waals surface area (Å²) in [5, 5.41) is -0.164. The van der Waals surface area contributed by atoms with Crippen molar-refractivity contribution in [3.8, 4) is 0 Å². The van der Waals surface area contributed by atoms with Crippen molar-refractivity contribution >= 4 is 44.5 Å². The molecule has 2 heterocycles. The van der Waals surface area contributed by atoms with Crippen LogP contribution >= 0.6 is 11.8 Å². The van der Waals surface area contributed by atoms with Crippen LogP contribution in [0.15, 0.2) is 18.2 Å². The molecule has 1 saturated heterocycles. The number of ketones is 1. The maximum atomic E-state index is 12.3. The van der Waals surface area contributed by atoms with Crippen LogP contribution in [0.2, 0.25) is 0 Å². The molecular weight excluding hydrogens is 392 g/mol. The van der Waals surface area contributed by atoms with E-state index in [4.69, 9.17) is 4.74 Å². The number of nitrogens with zero attached hydrogens (tertiary/aromatic N) is 2. The van der Waals surface area contributed by atoms with Crippen molar-refractivity contribution in [2.24, 2.45) is 0 Å². The first kappa shape index (κ1) is 19.7. The van der Waals surface area contributed by atoms with Crippen molar-refractivity contribution in [2.75, 3.05) is 42.6 Å². The topological polar surface area (TPSA) is 101 Å². The molecule has 0 atom stereocenters. The Balaban J connectivity index is 1.62. The van der Waals surface area contributed by atoms with E-state index in [0.29, 0.717) is 42.9 Å². The number of rotatable bonds is 6. The van der Waals surface area contributed by atoms with Crippen LogP contribution in [0.4, 0.5) is 10.5 Å². The van der Waals surface area contributed by atoms with Gasteiger partial charge in [0.2, 0.25) is 10.0 Å². The standard InChI is InChI=1S/C17H20N2O6S2/c1-27(23,24)19-6-2-3-12-9-13(4-5-14(12)19)15(20)11-25-16(21)10-18-7-8-26-17(18)22/h4-5,9H,2-3,6-8,10-11H2,1H3. The largest absolute Gasteiger partial charge is 0.456 e. The highest BCUT2D eigenvalue weighted by molar-refractivity contribution is 8.13. The summed E-state index contributed by atoms with van der Waals surface area (Å²) in [5.41, 5.74) is 1.73. The maximum absolute atomic E-state index is 12.3. The molecular formula is C17H20N2O6S2. The number of aryl methyl sites for hydroxylation is 1. The second kappa shape index (κ2) is 7.89. The van der Waals surface area contributed by atoms with Gasteiger partial charge in [-0.3, -0.25) is 18.7 Å². The van der Waals surface area contributed by atoms with Crippen LogP contribution in [0.1, 0.15) is 22.3 Å². The van der Waals surface area contributed by atoms with Crippen molar-refractivity contribution in [3.63, 3.8) is 0 Å². The van der Waals surface area contributed by atoms with Gasteiger partial charge in [-0.1, -0.05) is 11.8 Å². The monoisotopic (exact) mass is 412 g/mol. The molecule has 27 heavy (non-hydrogen) atoms. The van der Waals surface area contributed by atoms with Gasteiger partial charge in [0, 0.05) is 24.4 Å². The van der Waals surface area contributed by atoms with Crippen LogP contribution in [-0.4, -0.2) is 68.6 Å². The second-order valence-electron chi connectivity index (χ2n) is 6.40. The first-order valence-electron chi connectivity index (χ1n) is 8.47. The van der Waals surface area contributed by atoms with Gasteiger partial charge in [-0.25, -0.2) is 8.42 Å². The van der Waals surface area contributed by atoms with Gasteiger partial charge in [-0.15, -0.1) is 0 Å². The lowest BCUT2D eigenvalue weighted by atomic mass is 9.99. The van der Waals surface area contributed by atoms with Crippen molar-refractivity contribution in [2.45, 2.75) is 12.8 Å². The quantitative estimate of drug-likeness (QED) is 0.513. The van der Waals surface area contributed by atoms with Crippen molar-refractivity contribution in [1.29, 1.82) is 0 Å². The van der Waals surface area contributed by atoms with E-state index >= 15 is 0 Å². The third-order valence-electron chi connectivity index (χ3n) is 4.41. The first-order chi connectivity index (χ1) is 12.8. The maximum Gasteiger partial charge on any atom is 0.326 e. The Kier molecular flexibility index (Phi) is 5.75. The zero-order chi connectivity index (χ0) is 19.6. The molecule has 0 saturated carbocycles. The molecule has 0 unspecified atom stereocenters. The highest BCUT2D eigenvalue weighted by Gasteiger charge is 2.26. The van der Waals surface area contributed by atoms with Crippen LogP contribution in [0.3, 0.4) is 0 Å². The van der Waals surface area contributed by atoms with Gasteiger partial charge in [0.1, 0.15) is 6.54 Å². The fourth-order valence-corrected chi connectivity index (χ4v) is 4.90. The molecule has 10 heteroatoms. The molecule has 0 N–H and O–H groups in total. The molecule has 2 aliphatic heterocycles. The van der Waals surface area contributed by atoms with Gasteiger partial charge in [0.05, 0.1) is 11.9 Å². The number of hydrogen-bond acceptors (Lipinski definition) is 7. The summed E-state index contributed by atoms with van der Waals surface area (Å²) >= 11 is 1.15. The minimum atomic E-state index is -3.36. The highest BCUT2D eigenvalue weighted by atomic mass is 32.2. The fourth-order valence-electron chi connectivity index (χ4n) is 3.08. The molecule has 0 spiro atoms. The number of hydrogen-bond donors (Lipinski definition) is 0. The number of amides is 1. The Morgan fingerprint density at radius 1 is 1.26 bits per heavy atom. The number of fused-ring (bicyclic) bond motifs is 1. The van der Waals surface area contributed by atoms with E-state index in [1.54, 1.807) is 18.2 Å². The smallest absolute Gasteiger partial charge is 0.326 e. The third kappa shape index (κ3) is 4.62. The molecule has 0 aliphatic carbocycles. The Morgan fingerprint density at radius 3 is 2.70 bits per heavy atom. The molecule has 8 nitrogen and oxygen atoms in total. The van der Waals surface area contributed by atoms with E-state index in [9.17, 15) is 22.8 Å². The summed E-state index contributed by atoms with van der Waals surface area (Å²) in [6.07, 6.45) is 2.51. The lowest BCUT2D eigenvalue weighted by Gasteiger charge is -2.29. The van der Waals surface area contributed by atoms with Crippen LogP contribution < -0.4 is 4.31 Å². The second-order valence-corrected chi connectivity index (χ2v) is 9.35. The number of ether oxygens (including phenoxy) is 1. The zero-order valence-corrected chi connectivity index (χ0v) is 16.5. The van der Waals surface area contributed by atoms with Crippen LogP contribution in [-0.2, 0) is 26.0 Å². The van der Waals surface area contributed by atoms with Gasteiger partial charge >= 0.3 is 5.97 Å². The van der Waals surface area contributed by atoms with E-state index in [1.807, 2.05) is 0 Å². The number of carbonyl (C=O) groups is 3. The van der Waals surface area contributed by atoms with Gasteiger partial charge in [0.15, 0.2) is 12.4 Å². The lowest BCUT2D eigenvalue weighted by molar-refractivity contribution is -0.142. The van der Waals surface area contributed by atoms with Crippen molar-refractivity contribution in [3.05, 3.63) is 29.3 Å². The molecule has 0 radical (unpaired) electrons. The van der Waals surface area contributed by atoms with Crippen molar-refractivity contribution < 1.29 is 27.5 Å². The van der Waals surface area contributed by atoms with Gasteiger partial charge in [0.25, 0.3) is 5.24 Å². The Labute approximate surface area is 161 Å². The van der Waals surface area contributed by atoms with Crippen molar-refractivity contribution in [1.82, 2.24) is 4.90 Å². The Bertz CT molecular complexity index is 883.